The van der Waals surface area contributed by atoms with Crippen LogP contribution in [0.3, 0.4) is 0 Å². The van der Waals surface area contributed by atoms with Crippen molar-refractivity contribution >= 4 is 29.9 Å². The lowest BCUT2D eigenvalue weighted by molar-refractivity contribution is 0.332. The van der Waals surface area contributed by atoms with Crippen LogP contribution in [-0.2, 0) is 20.1 Å². The standard InChI is InChI=1S/C22H34N6.HI/c1-18-26-27-21(28(18)2)17-25-22(24-16-20-12-7-4-8-13-20)23-15-9-14-19-10-5-3-6-11-19;/h4,7-8,12-13,19H,3,5-6,9-11,14-17H2,1-2H3,(H2,23,24,25);1H. The molecule has 1 aliphatic carbocycles. The number of hydrogen-bond acceptors (Lipinski definition) is 3. The Bertz CT molecular complexity index is 737. The van der Waals surface area contributed by atoms with E-state index in [1.807, 2.05) is 24.6 Å². The van der Waals surface area contributed by atoms with E-state index in [9.17, 15) is 0 Å². The summed E-state index contributed by atoms with van der Waals surface area (Å²) in [6, 6.07) is 10.4. The monoisotopic (exact) mass is 510 g/mol. The lowest BCUT2D eigenvalue weighted by atomic mass is 9.86. The largest absolute Gasteiger partial charge is 0.356 e. The molecule has 2 aromatic rings. The third kappa shape index (κ3) is 7.95. The molecule has 2 N–H and O–H groups in total. The Morgan fingerprint density at radius 1 is 1.10 bits per heavy atom. The Balaban J connectivity index is 0.00000300. The second-order valence-electron chi connectivity index (χ2n) is 7.80. The van der Waals surface area contributed by atoms with E-state index in [0.717, 1.165) is 30.1 Å². The van der Waals surface area contributed by atoms with Gasteiger partial charge in [-0.05, 0) is 31.2 Å². The van der Waals surface area contributed by atoms with Gasteiger partial charge in [-0.1, -0.05) is 62.4 Å². The summed E-state index contributed by atoms with van der Waals surface area (Å²) in [4.78, 5) is 4.77. The highest BCUT2D eigenvalue weighted by atomic mass is 127. The average Bonchev–Trinajstić information content (AvgIpc) is 3.06. The van der Waals surface area contributed by atoms with E-state index < -0.39 is 0 Å². The Hall–Kier alpha value is -1.64. The number of hydrogen-bond donors (Lipinski definition) is 2. The van der Waals surface area contributed by atoms with Crippen molar-refractivity contribution in [3.05, 3.63) is 47.5 Å². The van der Waals surface area contributed by atoms with E-state index >= 15 is 0 Å². The zero-order valence-corrected chi connectivity index (χ0v) is 20.1. The number of nitrogens with one attached hydrogen (secondary N) is 2. The second kappa shape index (κ2) is 12.8. The maximum atomic E-state index is 4.77. The van der Waals surface area contributed by atoms with E-state index in [4.69, 9.17) is 4.99 Å². The van der Waals surface area contributed by atoms with E-state index in [0.29, 0.717) is 13.1 Å². The summed E-state index contributed by atoms with van der Waals surface area (Å²) >= 11 is 0. The molecule has 0 atom stereocenters. The SMILES string of the molecule is Cc1nnc(CNC(=NCc2ccccc2)NCCCC2CCCCC2)n1C.I. The highest BCUT2D eigenvalue weighted by molar-refractivity contribution is 14.0. The van der Waals surface area contributed by atoms with Crippen LogP contribution in [0.4, 0.5) is 0 Å². The molecule has 1 fully saturated rings. The van der Waals surface area contributed by atoms with Crippen LogP contribution in [0.1, 0.15) is 62.2 Å². The van der Waals surface area contributed by atoms with E-state index in [1.54, 1.807) is 0 Å². The summed E-state index contributed by atoms with van der Waals surface area (Å²) in [5, 5.41) is 15.3. The van der Waals surface area contributed by atoms with E-state index in [1.165, 1.54) is 50.5 Å². The Kier molecular flexibility index (Phi) is 10.5. The molecule has 6 nitrogen and oxygen atoms in total. The van der Waals surface area contributed by atoms with Crippen LogP contribution in [0.25, 0.3) is 0 Å². The molecular formula is C22H35IN6. The minimum absolute atomic E-state index is 0. The minimum Gasteiger partial charge on any atom is -0.356 e. The van der Waals surface area contributed by atoms with Crippen LogP contribution >= 0.6 is 24.0 Å². The number of benzene rings is 1. The van der Waals surface area contributed by atoms with Crippen molar-refractivity contribution in [1.82, 2.24) is 25.4 Å². The van der Waals surface area contributed by atoms with Crippen molar-refractivity contribution < 1.29 is 0 Å². The number of rotatable bonds is 8. The Morgan fingerprint density at radius 3 is 2.55 bits per heavy atom. The molecule has 0 bridgehead atoms. The number of halogens is 1. The van der Waals surface area contributed by atoms with Gasteiger partial charge < -0.3 is 15.2 Å². The third-order valence-corrected chi connectivity index (χ3v) is 5.67. The van der Waals surface area contributed by atoms with Crippen molar-refractivity contribution in [2.75, 3.05) is 6.54 Å². The van der Waals surface area contributed by atoms with Crippen LogP contribution < -0.4 is 10.6 Å². The van der Waals surface area contributed by atoms with Gasteiger partial charge in [0.2, 0.25) is 0 Å². The predicted octanol–water partition coefficient (Wildman–Crippen LogP) is 4.34. The maximum Gasteiger partial charge on any atom is 0.191 e. The first-order chi connectivity index (χ1) is 13.7. The van der Waals surface area contributed by atoms with E-state index in [-0.39, 0.29) is 24.0 Å². The summed E-state index contributed by atoms with van der Waals surface area (Å²) in [6.45, 7) is 4.19. The Labute approximate surface area is 192 Å². The lowest BCUT2D eigenvalue weighted by Gasteiger charge is -2.21. The zero-order valence-electron chi connectivity index (χ0n) is 17.7. The summed E-state index contributed by atoms with van der Waals surface area (Å²) in [7, 11) is 1.99. The summed E-state index contributed by atoms with van der Waals surface area (Å²) < 4.78 is 2.00. The third-order valence-electron chi connectivity index (χ3n) is 5.67. The molecule has 1 saturated carbocycles. The molecule has 0 spiro atoms. The highest BCUT2D eigenvalue weighted by Crippen LogP contribution is 2.26. The molecule has 160 valence electrons. The second-order valence-corrected chi connectivity index (χ2v) is 7.80. The molecule has 1 heterocycles. The molecule has 1 aromatic carbocycles. The van der Waals surface area contributed by atoms with Gasteiger partial charge in [0.25, 0.3) is 0 Å². The van der Waals surface area contributed by atoms with Gasteiger partial charge in [0.15, 0.2) is 11.8 Å². The van der Waals surface area contributed by atoms with Gasteiger partial charge >= 0.3 is 0 Å². The van der Waals surface area contributed by atoms with Crippen molar-refractivity contribution in [3.8, 4) is 0 Å². The number of nitrogens with zero attached hydrogens (tertiary/aromatic N) is 4. The molecule has 1 aromatic heterocycles. The fraction of sp³-hybridized carbons (Fsp3) is 0.591. The van der Waals surface area contributed by atoms with Gasteiger partial charge in [-0.15, -0.1) is 34.2 Å². The first-order valence-corrected chi connectivity index (χ1v) is 10.6. The number of aliphatic imine (C=N–C) groups is 1. The number of aromatic nitrogens is 3. The molecule has 0 saturated heterocycles. The minimum atomic E-state index is 0. The molecule has 29 heavy (non-hydrogen) atoms. The summed E-state index contributed by atoms with van der Waals surface area (Å²) in [6.07, 6.45) is 9.61. The molecular weight excluding hydrogens is 475 g/mol. The first kappa shape index (κ1) is 23.6. The van der Waals surface area contributed by atoms with Gasteiger partial charge in [-0.3, -0.25) is 0 Å². The van der Waals surface area contributed by atoms with Crippen LogP contribution in [0.15, 0.2) is 35.3 Å². The van der Waals surface area contributed by atoms with Crippen LogP contribution in [0, 0.1) is 12.8 Å². The highest BCUT2D eigenvalue weighted by Gasteiger charge is 2.13. The number of guanidine groups is 1. The molecule has 0 radical (unpaired) electrons. The fourth-order valence-corrected chi connectivity index (χ4v) is 3.77. The normalized spacial score (nSPS) is 15.0. The summed E-state index contributed by atoms with van der Waals surface area (Å²) in [5.41, 5.74) is 1.21. The molecule has 7 heteroatoms. The number of aryl methyl sites for hydroxylation is 1. The van der Waals surface area contributed by atoms with Crippen molar-refractivity contribution in [2.45, 2.75) is 65.0 Å². The van der Waals surface area contributed by atoms with Gasteiger partial charge in [0.1, 0.15) is 5.82 Å². The van der Waals surface area contributed by atoms with E-state index in [2.05, 4.69) is 45.1 Å². The zero-order chi connectivity index (χ0) is 19.6. The quantitative estimate of drug-likeness (QED) is 0.240. The average molecular weight is 510 g/mol. The topological polar surface area (TPSA) is 67.1 Å². The van der Waals surface area contributed by atoms with Crippen molar-refractivity contribution in [3.63, 3.8) is 0 Å². The molecule has 0 aliphatic heterocycles. The van der Waals surface area contributed by atoms with Crippen LogP contribution in [0.5, 0.6) is 0 Å². The maximum absolute atomic E-state index is 4.77. The smallest absolute Gasteiger partial charge is 0.191 e. The first-order valence-electron chi connectivity index (χ1n) is 10.6. The van der Waals surface area contributed by atoms with Crippen LogP contribution in [-0.4, -0.2) is 27.3 Å². The van der Waals surface area contributed by atoms with Crippen molar-refractivity contribution in [2.24, 2.45) is 18.0 Å². The molecule has 0 unspecified atom stereocenters. The van der Waals surface area contributed by atoms with Gasteiger partial charge in [0.05, 0.1) is 13.1 Å². The Morgan fingerprint density at radius 2 is 1.86 bits per heavy atom. The van der Waals surface area contributed by atoms with Gasteiger partial charge in [-0.25, -0.2) is 4.99 Å². The van der Waals surface area contributed by atoms with Crippen LogP contribution in [0.2, 0.25) is 0 Å². The molecule has 0 amide bonds. The van der Waals surface area contributed by atoms with Crippen molar-refractivity contribution in [1.29, 1.82) is 0 Å². The molecule has 1 aliphatic rings. The summed E-state index contributed by atoms with van der Waals surface area (Å²) in [5.74, 6) is 3.59. The predicted molar refractivity (Wildman–Crippen MR) is 129 cm³/mol. The molecule has 3 rings (SSSR count). The van der Waals surface area contributed by atoms with Gasteiger partial charge in [0, 0.05) is 13.6 Å². The lowest BCUT2D eigenvalue weighted by Crippen LogP contribution is -2.38. The van der Waals surface area contributed by atoms with Gasteiger partial charge in [-0.2, -0.15) is 0 Å². The fourth-order valence-electron chi connectivity index (χ4n) is 3.77.